The number of methoxy groups -OCH3 is 1. The second-order valence-electron chi connectivity index (χ2n) is 2.69. The van der Waals surface area contributed by atoms with Gasteiger partial charge in [0.05, 0.1) is 11.6 Å². The topological polar surface area (TPSA) is 35.3 Å². The van der Waals surface area contributed by atoms with Gasteiger partial charge in [0.15, 0.2) is 11.5 Å². The van der Waals surface area contributed by atoms with Crippen LogP contribution < -0.4 is 4.74 Å². The molecule has 1 aromatic heterocycles. The summed E-state index contributed by atoms with van der Waals surface area (Å²) in [6, 6.07) is 3.70. The summed E-state index contributed by atoms with van der Waals surface area (Å²) in [5.41, 5.74) is 1.59. The number of halogens is 1. The van der Waals surface area contributed by atoms with Crippen LogP contribution in [-0.4, -0.2) is 12.1 Å². The van der Waals surface area contributed by atoms with E-state index in [-0.39, 0.29) is 0 Å². The van der Waals surface area contributed by atoms with Crippen molar-refractivity contribution >= 4 is 27.0 Å². The van der Waals surface area contributed by atoms with E-state index in [0.29, 0.717) is 5.89 Å². The Morgan fingerprint density at radius 1 is 1.46 bits per heavy atom. The smallest absolute Gasteiger partial charge is 0.192 e. The van der Waals surface area contributed by atoms with Gasteiger partial charge in [-0.05, 0) is 15.9 Å². The van der Waals surface area contributed by atoms with E-state index in [9.17, 15) is 0 Å². The van der Waals surface area contributed by atoms with Crippen LogP contribution in [0.15, 0.2) is 21.0 Å². The number of hydrogen-bond donors (Lipinski definition) is 0. The van der Waals surface area contributed by atoms with Gasteiger partial charge in [0.1, 0.15) is 11.3 Å². The number of benzene rings is 1. The molecule has 13 heavy (non-hydrogen) atoms. The highest BCUT2D eigenvalue weighted by Crippen LogP contribution is 2.30. The summed E-state index contributed by atoms with van der Waals surface area (Å²) in [5, 5.41) is 0. The zero-order chi connectivity index (χ0) is 9.42. The quantitative estimate of drug-likeness (QED) is 0.771. The molecule has 2 aromatic rings. The number of nitrogens with zero attached hydrogens (tertiary/aromatic N) is 1. The van der Waals surface area contributed by atoms with E-state index in [0.717, 1.165) is 21.3 Å². The van der Waals surface area contributed by atoms with Gasteiger partial charge in [-0.15, -0.1) is 0 Å². The molecule has 2 rings (SSSR count). The summed E-state index contributed by atoms with van der Waals surface area (Å²) in [6.07, 6.45) is 0. The van der Waals surface area contributed by atoms with Crippen LogP contribution >= 0.6 is 15.9 Å². The first kappa shape index (κ1) is 8.56. The predicted octanol–water partition coefficient (Wildman–Crippen LogP) is 2.91. The van der Waals surface area contributed by atoms with E-state index in [2.05, 4.69) is 20.9 Å². The average Bonchev–Trinajstić information content (AvgIpc) is 2.42. The third-order valence-electron chi connectivity index (χ3n) is 1.77. The Hall–Kier alpha value is -1.03. The van der Waals surface area contributed by atoms with Crippen LogP contribution in [0.25, 0.3) is 11.1 Å². The molecule has 4 heteroatoms. The van der Waals surface area contributed by atoms with Gasteiger partial charge in [0.25, 0.3) is 0 Å². The highest BCUT2D eigenvalue weighted by molar-refractivity contribution is 9.10. The van der Waals surface area contributed by atoms with Crippen molar-refractivity contribution in [2.45, 2.75) is 6.92 Å². The van der Waals surface area contributed by atoms with Crippen molar-refractivity contribution < 1.29 is 9.15 Å². The number of aryl methyl sites for hydroxylation is 1. The minimum atomic E-state index is 0.662. The Bertz CT molecular complexity index is 450. The molecule has 0 radical (unpaired) electrons. The number of oxazole rings is 1. The first-order valence-corrected chi connectivity index (χ1v) is 4.60. The lowest BCUT2D eigenvalue weighted by Gasteiger charge is -2.00. The van der Waals surface area contributed by atoms with Crippen LogP contribution in [0.4, 0.5) is 0 Å². The van der Waals surface area contributed by atoms with E-state index in [4.69, 9.17) is 9.15 Å². The number of rotatable bonds is 1. The Morgan fingerprint density at radius 2 is 2.23 bits per heavy atom. The van der Waals surface area contributed by atoms with Crippen LogP contribution in [0, 0.1) is 6.92 Å². The maximum atomic E-state index is 5.35. The number of fused-ring (bicyclic) bond motifs is 1. The molecular weight excluding hydrogens is 234 g/mol. The highest BCUT2D eigenvalue weighted by atomic mass is 79.9. The molecule has 68 valence electrons. The Morgan fingerprint density at radius 3 is 2.92 bits per heavy atom. The predicted molar refractivity (Wildman–Crippen MR) is 53.0 cm³/mol. The first-order valence-electron chi connectivity index (χ1n) is 3.81. The third-order valence-corrected chi connectivity index (χ3v) is 2.39. The van der Waals surface area contributed by atoms with E-state index in [1.807, 2.05) is 19.1 Å². The summed E-state index contributed by atoms with van der Waals surface area (Å²) in [5.74, 6) is 1.43. The summed E-state index contributed by atoms with van der Waals surface area (Å²) in [7, 11) is 1.62. The van der Waals surface area contributed by atoms with Crippen molar-refractivity contribution in [1.82, 2.24) is 4.98 Å². The maximum absolute atomic E-state index is 5.35. The van der Waals surface area contributed by atoms with E-state index in [1.54, 1.807) is 7.11 Å². The Labute approximate surface area is 83.8 Å². The standard InChI is InChI=1S/C9H8BrNO2/c1-5-11-7-4-8(12-2)6(10)3-9(7)13-5/h3-4H,1-2H3. The van der Waals surface area contributed by atoms with Gasteiger partial charge in [0.2, 0.25) is 0 Å². The fourth-order valence-corrected chi connectivity index (χ4v) is 1.69. The van der Waals surface area contributed by atoms with Crippen molar-refractivity contribution in [2.75, 3.05) is 7.11 Å². The summed E-state index contributed by atoms with van der Waals surface area (Å²) >= 11 is 3.37. The minimum Gasteiger partial charge on any atom is -0.495 e. The van der Waals surface area contributed by atoms with Crippen LogP contribution in [0.1, 0.15) is 5.89 Å². The van der Waals surface area contributed by atoms with Crippen LogP contribution in [0.2, 0.25) is 0 Å². The van der Waals surface area contributed by atoms with E-state index >= 15 is 0 Å². The lowest BCUT2D eigenvalue weighted by Crippen LogP contribution is -1.83. The average molecular weight is 242 g/mol. The molecule has 0 saturated heterocycles. The molecule has 0 aliphatic rings. The van der Waals surface area contributed by atoms with Crippen LogP contribution in [-0.2, 0) is 0 Å². The van der Waals surface area contributed by atoms with Gasteiger partial charge < -0.3 is 9.15 Å². The highest BCUT2D eigenvalue weighted by Gasteiger charge is 2.07. The van der Waals surface area contributed by atoms with Gasteiger partial charge in [-0.25, -0.2) is 4.98 Å². The van der Waals surface area contributed by atoms with Gasteiger partial charge in [-0.3, -0.25) is 0 Å². The molecule has 0 bridgehead atoms. The number of aromatic nitrogens is 1. The normalized spacial score (nSPS) is 10.7. The molecule has 3 nitrogen and oxygen atoms in total. The maximum Gasteiger partial charge on any atom is 0.192 e. The number of hydrogen-bond acceptors (Lipinski definition) is 3. The van der Waals surface area contributed by atoms with E-state index < -0.39 is 0 Å². The fraction of sp³-hybridized carbons (Fsp3) is 0.222. The van der Waals surface area contributed by atoms with Crippen molar-refractivity contribution in [3.8, 4) is 5.75 Å². The number of ether oxygens (including phenoxy) is 1. The molecule has 0 fully saturated rings. The Balaban J connectivity index is 2.72. The lowest BCUT2D eigenvalue weighted by molar-refractivity contribution is 0.412. The molecule has 0 saturated carbocycles. The third kappa shape index (κ3) is 1.42. The van der Waals surface area contributed by atoms with Gasteiger partial charge in [-0.1, -0.05) is 0 Å². The Kier molecular flexibility index (Phi) is 2.00. The minimum absolute atomic E-state index is 0.662. The second-order valence-corrected chi connectivity index (χ2v) is 3.54. The zero-order valence-electron chi connectivity index (χ0n) is 7.30. The van der Waals surface area contributed by atoms with Crippen molar-refractivity contribution in [2.24, 2.45) is 0 Å². The molecule has 0 N–H and O–H groups in total. The molecule has 0 unspecified atom stereocenters. The molecule has 0 aliphatic heterocycles. The molecule has 1 aromatic carbocycles. The van der Waals surface area contributed by atoms with Gasteiger partial charge >= 0.3 is 0 Å². The van der Waals surface area contributed by atoms with Crippen LogP contribution in [0.3, 0.4) is 0 Å². The fourth-order valence-electron chi connectivity index (χ4n) is 1.20. The SMILES string of the molecule is COc1cc2nc(C)oc2cc1Br. The molecule has 0 amide bonds. The first-order chi connectivity index (χ1) is 6.20. The zero-order valence-corrected chi connectivity index (χ0v) is 8.88. The largest absolute Gasteiger partial charge is 0.495 e. The van der Waals surface area contributed by atoms with Gasteiger partial charge in [0, 0.05) is 19.1 Å². The molecular formula is C9H8BrNO2. The van der Waals surface area contributed by atoms with Gasteiger partial charge in [-0.2, -0.15) is 0 Å². The second kappa shape index (κ2) is 3.03. The summed E-state index contributed by atoms with van der Waals surface area (Å²) in [4.78, 5) is 4.20. The van der Waals surface area contributed by atoms with Crippen molar-refractivity contribution in [3.05, 3.63) is 22.5 Å². The van der Waals surface area contributed by atoms with Crippen molar-refractivity contribution in [3.63, 3.8) is 0 Å². The van der Waals surface area contributed by atoms with Crippen LogP contribution in [0.5, 0.6) is 5.75 Å². The summed E-state index contributed by atoms with van der Waals surface area (Å²) in [6.45, 7) is 1.82. The summed E-state index contributed by atoms with van der Waals surface area (Å²) < 4.78 is 11.4. The molecule has 0 aliphatic carbocycles. The van der Waals surface area contributed by atoms with E-state index in [1.165, 1.54) is 0 Å². The monoisotopic (exact) mass is 241 g/mol. The molecule has 1 heterocycles. The molecule has 0 atom stereocenters. The van der Waals surface area contributed by atoms with Crippen molar-refractivity contribution in [1.29, 1.82) is 0 Å². The lowest BCUT2D eigenvalue weighted by atomic mass is 10.3. The molecule has 0 spiro atoms.